The third kappa shape index (κ3) is 2.67. The summed E-state index contributed by atoms with van der Waals surface area (Å²) in [6, 6.07) is 3.27. The third-order valence-corrected chi connectivity index (χ3v) is 6.14. The molecule has 0 fully saturated rings. The molecule has 0 aromatic carbocycles. The van der Waals surface area contributed by atoms with Crippen LogP contribution in [0, 0.1) is 6.92 Å². The summed E-state index contributed by atoms with van der Waals surface area (Å²) in [4.78, 5) is 5.44. The van der Waals surface area contributed by atoms with Gasteiger partial charge in [-0.05, 0) is 13.0 Å². The molecule has 3 aromatic heterocycles. The van der Waals surface area contributed by atoms with Gasteiger partial charge in [-0.25, -0.2) is 8.42 Å². The largest absolute Gasteiger partial charge is 0.355 e. The fraction of sp³-hybridized carbons (Fsp3) is 0.250. The number of hydrogen-bond acceptors (Lipinski definition) is 8. The molecule has 3 aromatic rings. The predicted octanol–water partition coefficient (Wildman–Crippen LogP) is 1.92. The number of aromatic nitrogens is 3. The molecule has 0 radical (unpaired) electrons. The summed E-state index contributed by atoms with van der Waals surface area (Å²) in [5, 5.41) is 7.25. The Balaban J connectivity index is 1.92. The van der Waals surface area contributed by atoms with Crippen LogP contribution in [0.2, 0.25) is 0 Å². The molecule has 8 nitrogen and oxygen atoms in total. The van der Waals surface area contributed by atoms with Crippen molar-refractivity contribution in [2.45, 2.75) is 18.4 Å². The molecule has 0 aliphatic heterocycles. The van der Waals surface area contributed by atoms with Gasteiger partial charge in [-0.2, -0.15) is 9.29 Å². The first-order chi connectivity index (χ1) is 10.5. The first-order valence-corrected chi connectivity index (χ1v) is 8.47. The Bertz CT molecular complexity index is 853. The lowest BCUT2D eigenvalue weighted by molar-refractivity contribution is 0.394. The molecule has 0 aliphatic carbocycles. The SMILES string of the molecule is Cc1sc(-c2ccno2)cc1S(=O)(=O)N(C)Cc1ncon1. The summed E-state index contributed by atoms with van der Waals surface area (Å²) in [6.45, 7) is 1.78. The molecule has 0 N–H and O–H groups in total. The maximum absolute atomic E-state index is 12.7. The van der Waals surface area contributed by atoms with Crippen LogP contribution in [-0.4, -0.2) is 35.1 Å². The van der Waals surface area contributed by atoms with E-state index >= 15 is 0 Å². The van der Waals surface area contributed by atoms with Gasteiger partial charge in [0.25, 0.3) is 0 Å². The minimum atomic E-state index is -3.66. The van der Waals surface area contributed by atoms with E-state index in [2.05, 4.69) is 19.8 Å². The molecule has 0 aliphatic rings. The van der Waals surface area contributed by atoms with Gasteiger partial charge in [0.2, 0.25) is 16.4 Å². The molecular weight excluding hydrogens is 328 g/mol. The fourth-order valence-electron chi connectivity index (χ4n) is 1.90. The lowest BCUT2D eigenvalue weighted by atomic mass is 10.3. The lowest BCUT2D eigenvalue weighted by Gasteiger charge is -2.14. The summed E-state index contributed by atoms with van der Waals surface area (Å²) in [7, 11) is -2.19. The van der Waals surface area contributed by atoms with E-state index in [1.807, 2.05) is 0 Å². The number of thiophene rings is 1. The Morgan fingerprint density at radius 3 is 2.86 bits per heavy atom. The van der Waals surface area contributed by atoms with Crippen molar-refractivity contribution in [1.29, 1.82) is 0 Å². The number of aryl methyl sites for hydroxylation is 1. The minimum Gasteiger partial charge on any atom is -0.355 e. The average molecular weight is 340 g/mol. The zero-order valence-electron chi connectivity index (χ0n) is 11.8. The molecule has 3 rings (SSSR count). The van der Waals surface area contributed by atoms with Crippen LogP contribution in [0.25, 0.3) is 10.6 Å². The van der Waals surface area contributed by atoms with Crippen LogP contribution in [-0.2, 0) is 16.6 Å². The minimum absolute atomic E-state index is 0.0335. The van der Waals surface area contributed by atoms with Crippen molar-refractivity contribution >= 4 is 21.4 Å². The van der Waals surface area contributed by atoms with Crippen LogP contribution >= 0.6 is 11.3 Å². The van der Waals surface area contributed by atoms with E-state index in [0.717, 1.165) is 6.39 Å². The van der Waals surface area contributed by atoms with Crippen molar-refractivity contribution < 1.29 is 17.5 Å². The van der Waals surface area contributed by atoms with Gasteiger partial charge in [-0.1, -0.05) is 10.3 Å². The second-order valence-electron chi connectivity index (χ2n) is 4.52. The zero-order chi connectivity index (χ0) is 15.7. The predicted molar refractivity (Wildman–Crippen MR) is 77.5 cm³/mol. The normalized spacial score (nSPS) is 12.1. The molecule has 0 saturated carbocycles. The average Bonchev–Trinajstić information content (AvgIpc) is 3.18. The van der Waals surface area contributed by atoms with Crippen molar-refractivity contribution in [3.63, 3.8) is 0 Å². The molecule has 22 heavy (non-hydrogen) atoms. The van der Waals surface area contributed by atoms with E-state index in [4.69, 9.17) is 4.52 Å². The molecular formula is C12H12N4O4S2. The van der Waals surface area contributed by atoms with Gasteiger partial charge in [-0.15, -0.1) is 11.3 Å². The van der Waals surface area contributed by atoms with Crippen LogP contribution in [0.1, 0.15) is 10.7 Å². The summed E-state index contributed by atoms with van der Waals surface area (Å²) < 4.78 is 36.2. The van der Waals surface area contributed by atoms with Crippen molar-refractivity contribution in [3.8, 4) is 10.6 Å². The zero-order valence-corrected chi connectivity index (χ0v) is 13.4. The Kier molecular flexibility index (Phi) is 3.81. The van der Waals surface area contributed by atoms with Crippen LogP contribution in [0.4, 0.5) is 0 Å². The van der Waals surface area contributed by atoms with Crippen LogP contribution in [0.15, 0.2) is 38.7 Å². The maximum atomic E-state index is 12.7. The Labute approximate surface area is 130 Å². The molecule has 0 unspecified atom stereocenters. The monoisotopic (exact) mass is 340 g/mol. The Hall–Kier alpha value is -2.04. The first kappa shape index (κ1) is 14.9. The standard InChI is InChI=1S/C12H12N4O4S2/c1-8-11(5-10(21-8)9-3-4-14-20-9)22(17,18)16(2)6-12-13-7-19-15-12/h3-5,7H,6H2,1-2H3. The molecule has 3 heterocycles. The van der Waals surface area contributed by atoms with E-state index in [0.29, 0.717) is 21.3 Å². The molecule has 10 heteroatoms. The van der Waals surface area contributed by atoms with Crippen molar-refractivity contribution in [1.82, 2.24) is 19.6 Å². The summed E-state index contributed by atoms with van der Waals surface area (Å²) >= 11 is 1.33. The topological polar surface area (TPSA) is 102 Å². The van der Waals surface area contributed by atoms with Gasteiger partial charge >= 0.3 is 0 Å². The lowest BCUT2D eigenvalue weighted by Crippen LogP contribution is -2.27. The van der Waals surface area contributed by atoms with Gasteiger partial charge in [-0.3, -0.25) is 0 Å². The summed E-state index contributed by atoms with van der Waals surface area (Å²) in [5.41, 5.74) is 0. The van der Waals surface area contributed by atoms with Crippen LogP contribution < -0.4 is 0 Å². The second kappa shape index (κ2) is 5.63. The van der Waals surface area contributed by atoms with Gasteiger partial charge in [0.1, 0.15) is 0 Å². The van der Waals surface area contributed by atoms with E-state index in [1.165, 1.54) is 28.9 Å². The Morgan fingerprint density at radius 2 is 2.23 bits per heavy atom. The van der Waals surface area contributed by atoms with Crippen molar-refractivity contribution in [2.24, 2.45) is 0 Å². The van der Waals surface area contributed by atoms with Crippen LogP contribution in [0.5, 0.6) is 0 Å². The molecule has 0 saturated heterocycles. The van der Waals surface area contributed by atoms with Crippen LogP contribution in [0.3, 0.4) is 0 Å². The first-order valence-electron chi connectivity index (χ1n) is 6.21. The van der Waals surface area contributed by atoms with Gasteiger partial charge in [0.15, 0.2) is 11.6 Å². The number of hydrogen-bond donors (Lipinski definition) is 0. The fourth-order valence-corrected chi connectivity index (χ4v) is 4.54. The van der Waals surface area contributed by atoms with E-state index in [-0.39, 0.29) is 11.4 Å². The van der Waals surface area contributed by atoms with Gasteiger partial charge < -0.3 is 9.05 Å². The van der Waals surface area contributed by atoms with Crippen molar-refractivity contribution in [3.05, 3.63) is 35.4 Å². The summed E-state index contributed by atoms with van der Waals surface area (Å²) in [6.07, 6.45) is 2.68. The number of sulfonamides is 1. The highest BCUT2D eigenvalue weighted by Crippen LogP contribution is 2.34. The number of nitrogens with zero attached hydrogens (tertiary/aromatic N) is 4. The molecule has 116 valence electrons. The van der Waals surface area contributed by atoms with Gasteiger partial charge in [0, 0.05) is 18.0 Å². The van der Waals surface area contributed by atoms with Crippen molar-refractivity contribution in [2.75, 3.05) is 7.05 Å². The van der Waals surface area contributed by atoms with E-state index < -0.39 is 10.0 Å². The molecule has 0 bridgehead atoms. The highest BCUT2D eigenvalue weighted by atomic mass is 32.2. The number of rotatable bonds is 5. The highest BCUT2D eigenvalue weighted by molar-refractivity contribution is 7.89. The molecule has 0 atom stereocenters. The molecule has 0 spiro atoms. The quantitative estimate of drug-likeness (QED) is 0.699. The van der Waals surface area contributed by atoms with Gasteiger partial charge in [0.05, 0.1) is 22.5 Å². The van der Waals surface area contributed by atoms with E-state index in [1.54, 1.807) is 19.1 Å². The molecule has 0 amide bonds. The Morgan fingerprint density at radius 1 is 1.41 bits per heavy atom. The summed E-state index contributed by atoms with van der Waals surface area (Å²) in [5.74, 6) is 0.838. The smallest absolute Gasteiger partial charge is 0.244 e. The third-order valence-electron chi connectivity index (χ3n) is 3.01. The highest BCUT2D eigenvalue weighted by Gasteiger charge is 2.26. The maximum Gasteiger partial charge on any atom is 0.244 e. The van der Waals surface area contributed by atoms with E-state index in [9.17, 15) is 8.42 Å². The second-order valence-corrected chi connectivity index (χ2v) is 7.79.